The van der Waals surface area contributed by atoms with Crippen molar-refractivity contribution in [3.63, 3.8) is 0 Å². The molecule has 1 aromatic heterocycles. The van der Waals surface area contributed by atoms with Gasteiger partial charge in [-0.3, -0.25) is 4.90 Å². The Bertz CT molecular complexity index is 796. The summed E-state index contributed by atoms with van der Waals surface area (Å²) in [6.45, 7) is 5.15. The molecule has 1 amide bonds. The molecule has 0 bridgehead atoms. The Labute approximate surface area is 146 Å². The first-order valence-electron chi connectivity index (χ1n) is 8.51. The van der Waals surface area contributed by atoms with Crippen LogP contribution in [0.3, 0.4) is 0 Å². The van der Waals surface area contributed by atoms with E-state index in [4.69, 9.17) is 9.47 Å². The highest BCUT2D eigenvalue weighted by Crippen LogP contribution is 2.32. The van der Waals surface area contributed by atoms with E-state index in [0.29, 0.717) is 25.6 Å². The van der Waals surface area contributed by atoms with Gasteiger partial charge in [0.05, 0.1) is 18.8 Å². The lowest BCUT2D eigenvalue weighted by Gasteiger charge is -2.32. The first-order chi connectivity index (χ1) is 12.3. The number of fused-ring (bicyclic) bond motifs is 1. The van der Waals surface area contributed by atoms with Crippen LogP contribution in [0, 0.1) is 0 Å². The maximum Gasteiger partial charge on any atom is 0.414 e. The van der Waals surface area contributed by atoms with Crippen LogP contribution in [0.25, 0.3) is 0 Å². The second kappa shape index (κ2) is 6.58. The monoisotopic (exact) mass is 340 g/mol. The van der Waals surface area contributed by atoms with E-state index in [9.17, 15) is 4.79 Å². The normalized spacial score (nSPS) is 16.6. The molecule has 130 valence electrons. The Morgan fingerprint density at radius 3 is 3.00 bits per heavy atom. The molecule has 0 saturated carbocycles. The summed E-state index contributed by atoms with van der Waals surface area (Å²) < 4.78 is 10.6. The zero-order chi connectivity index (χ0) is 17.2. The van der Waals surface area contributed by atoms with Gasteiger partial charge < -0.3 is 14.4 Å². The number of benzene rings is 1. The molecular weight excluding hydrogens is 320 g/mol. The molecule has 7 nitrogen and oxygen atoms in total. The molecule has 0 spiro atoms. The quantitative estimate of drug-likeness (QED) is 0.851. The lowest BCUT2D eigenvalue weighted by molar-refractivity contribution is 0.181. The summed E-state index contributed by atoms with van der Waals surface area (Å²) in [4.78, 5) is 24.3. The minimum Gasteiger partial charge on any atom is -0.478 e. The minimum atomic E-state index is -0.256. The van der Waals surface area contributed by atoms with Crippen LogP contribution in [-0.4, -0.2) is 42.4 Å². The predicted octanol–water partition coefficient (Wildman–Crippen LogP) is 2.39. The van der Waals surface area contributed by atoms with Crippen LogP contribution in [0.1, 0.15) is 18.1 Å². The van der Waals surface area contributed by atoms with Gasteiger partial charge in [-0.2, -0.15) is 0 Å². The first kappa shape index (κ1) is 15.7. The molecule has 25 heavy (non-hydrogen) atoms. The number of anilines is 2. The summed E-state index contributed by atoms with van der Waals surface area (Å²) in [7, 11) is 0. The SMILES string of the molecule is CCOc1cc(N2CCc3c(cccc3N3CCOC3=O)C2)ncn1. The molecule has 1 aromatic carbocycles. The van der Waals surface area contributed by atoms with E-state index in [1.807, 2.05) is 25.1 Å². The van der Waals surface area contributed by atoms with Crippen molar-refractivity contribution in [2.45, 2.75) is 19.9 Å². The standard InChI is InChI=1S/C18H20N4O3/c1-2-24-17-10-16(19-12-20-17)21-7-6-14-13(11-21)4-3-5-15(14)22-8-9-25-18(22)23/h3-5,10,12H,2,6-9,11H2,1H3. The lowest BCUT2D eigenvalue weighted by atomic mass is 9.97. The van der Waals surface area contributed by atoms with Crippen LogP contribution in [-0.2, 0) is 17.7 Å². The summed E-state index contributed by atoms with van der Waals surface area (Å²) in [6, 6.07) is 7.97. The molecule has 0 N–H and O–H groups in total. The maximum atomic E-state index is 11.9. The number of hydrogen-bond acceptors (Lipinski definition) is 6. The zero-order valence-electron chi connectivity index (χ0n) is 14.1. The van der Waals surface area contributed by atoms with Crippen LogP contribution in [0.4, 0.5) is 16.3 Å². The molecule has 1 saturated heterocycles. The van der Waals surface area contributed by atoms with Gasteiger partial charge in [-0.05, 0) is 30.5 Å². The van der Waals surface area contributed by atoms with Crippen molar-refractivity contribution >= 4 is 17.6 Å². The van der Waals surface area contributed by atoms with Crippen molar-refractivity contribution in [2.75, 3.05) is 36.1 Å². The topological polar surface area (TPSA) is 67.8 Å². The fourth-order valence-electron chi connectivity index (χ4n) is 3.38. The third kappa shape index (κ3) is 2.97. The molecule has 2 aliphatic heterocycles. The Morgan fingerprint density at radius 2 is 2.20 bits per heavy atom. The van der Waals surface area contributed by atoms with Gasteiger partial charge in [0.15, 0.2) is 0 Å². The van der Waals surface area contributed by atoms with Gasteiger partial charge in [0, 0.05) is 19.2 Å². The summed E-state index contributed by atoms with van der Waals surface area (Å²) >= 11 is 0. The van der Waals surface area contributed by atoms with Gasteiger partial charge in [0.1, 0.15) is 18.8 Å². The molecule has 0 unspecified atom stereocenters. The van der Waals surface area contributed by atoms with E-state index < -0.39 is 0 Å². The number of nitrogens with zero attached hydrogens (tertiary/aromatic N) is 4. The molecule has 2 aromatic rings. The Morgan fingerprint density at radius 1 is 1.28 bits per heavy atom. The van der Waals surface area contributed by atoms with Gasteiger partial charge in [-0.15, -0.1) is 0 Å². The van der Waals surface area contributed by atoms with Crippen LogP contribution in [0.15, 0.2) is 30.6 Å². The van der Waals surface area contributed by atoms with Gasteiger partial charge in [0.2, 0.25) is 5.88 Å². The Kier molecular flexibility index (Phi) is 4.13. The largest absolute Gasteiger partial charge is 0.478 e. The summed E-state index contributed by atoms with van der Waals surface area (Å²) in [5.41, 5.74) is 3.40. The van der Waals surface area contributed by atoms with E-state index in [0.717, 1.165) is 31.0 Å². The van der Waals surface area contributed by atoms with E-state index in [1.165, 1.54) is 17.5 Å². The fourth-order valence-corrected chi connectivity index (χ4v) is 3.38. The second-order valence-corrected chi connectivity index (χ2v) is 6.00. The Balaban J connectivity index is 1.60. The van der Waals surface area contributed by atoms with E-state index in [-0.39, 0.29) is 6.09 Å². The van der Waals surface area contributed by atoms with E-state index in [2.05, 4.69) is 20.9 Å². The number of ether oxygens (including phenoxy) is 2. The van der Waals surface area contributed by atoms with E-state index in [1.54, 1.807) is 4.90 Å². The number of carbonyl (C=O) groups is 1. The molecule has 2 aliphatic rings. The number of carbonyl (C=O) groups excluding carboxylic acids is 1. The van der Waals surface area contributed by atoms with Crippen LogP contribution in [0.5, 0.6) is 5.88 Å². The highest BCUT2D eigenvalue weighted by atomic mass is 16.6. The van der Waals surface area contributed by atoms with Crippen molar-refractivity contribution in [1.29, 1.82) is 0 Å². The number of amides is 1. The molecule has 7 heteroatoms. The van der Waals surface area contributed by atoms with Crippen molar-refractivity contribution in [3.05, 3.63) is 41.7 Å². The average molecular weight is 340 g/mol. The third-order valence-corrected chi connectivity index (χ3v) is 4.54. The van der Waals surface area contributed by atoms with Gasteiger partial charge >= 0.3 is 6.09 Å². The number of aromatic nitrogens is 2. The van der Waals surface area contributed by atoms with Crippen LogP contribution >= 0.6 is 0 Å². The molecule has 0 radical (unpaired) electrons. The zero-order valence-corrected chi connectivity index (χ0v) is 14.1. The average Bonchev–Trinajstić information content (AvgIpc) is 3.07. The Hall–Kier alpha value is -2.83. The van der Waals surface area contributed by atoms with Gasteiger partial charge in [0.25, 0.3) is 0 Å². The number of hydrogen-bond donors (Lipinski definition) is 0. The molecule has 1 fully saturated rings. The smallest absolute Gasteiger partial charge is 0.414 e. The molecule has 0 atom stereocenters. The molecule has 3 heterocycles. The van der Waals surface area contributed by atoms with Crippen LogP contribution < -0.4 is 14.5 Å². The van der Waals surface area contributed by atoms with Crippen molar-refractivity contribution < 1.29 is 14.3 Å². The molecule has 0 aliphatic carbocycles. The van der Waals surface area contributed by atoms with Crippen LogP contribution in [0.2, 0.25) is 0 Å². The lowest BCUT2D eigenvalue weighted by Crippen LogP contribution is -2.33. The summed E-state index contributed by atoms with van der Waals surface area (Å²) in [5.74, 6) is 1.45. The number of cyclic esters (lactones) is 1. The van der Waals surface area contributed by atoms with Gasteiger partial charge in [-0.25, -0.2) is 14.8 Å². The fraction of sp³-hybridized carbons (Fsp3) is 0.389. The molecule has 4 rings (SSSR count). The summed E-state index contributed by atoms with van der Waals surface area (Å²) in [5, 5.41) is 0. The predicted molar refractivity (Wildman–Crippen MR) is 93.1 cm³/mol. The van der Waals surface area contributed by atoms with Crippen molar-refractivity contribution in [1.82, 2.24) is 9.97 Å². The third-order valence-electron chi connectivity index (χ3n) is 4.54. The first-order valence-corrected chi connectivity index (χ1v) is 8.51. The minimum absolute atomic E-state index is 0.256. The van der Waals surface area contributed by atoms with Crippen molar-refractivity contribution in [3.8, 4) is 5.88 Å². The number of rotatable bonds is 4. The van der Waals surface area contributed by atoms with Crippen molar-refractivity contribution in [2.24, 2.45) is 0 Å². The highest BCUT2D eigenvalue weighted by molar-refractivity contribution is 5.90. The second-order valence-electron chi connectivity index (χ2n) is 6.00. The van der Waals surface area contributed by atoms with Gasteiger partial charge in [-0.1, -0.05) is 12.1 Å². The van der Waals surface area contributed by atoms with E-state index >= 15 is 0 Å². The summed E-state index contributed by atoms with van der Waals surface area (Å²) in [6.07, 6.45) is 2.13. The molecular formula is C18H20N4O3. The highest BCUT2D eigenvalue weighted by Gasteiger charge is 2.28. The maximum absolute atomic E-state index is 11.9.